The van der Waals surface area contributed by atoms with Gasteiger partial charge in [0.1, 0.15) is 4.88 Å². The van der Waals surface area contributed by atoms with E-state index in [4.69, 9.17) is 4.74 Å². The summed E-state index contributed by atoms with van der Waals surface area (Å²) in [6, 6.07) is 12.7. The molecule has 0 saturated heterocycles. The number of carbonyl (C=O) groups excluding carboxylic acids is 1. The lowest BCUT2D eigenvalue weighted by Gasteiger charge is -2.25. The van der Waals surface area contributed by atoms with E-state index in [1.54, 1.807) is 20.0 Å². The van der Waals surface area contributed by atoms with Crippen LogP contribution in [-0.2, 0) is 4.74 Å². The molecule has 4 rings (SSSR count). The number of benzene rings is 2. The van der Waals surface area contributed by atoms with Crippen molar-refractivity contribution in [2.45, 2.75) is 38.7 Å². The Hall–Kier alpha value is -2.44. The number of nitrogens with zero attached hydrogens (tertiary/aromatic N) is 2. The van der Waals surface area contributed by atoms with Crippen molar-refractivity contribution in [1.29, 1.82) is 0 Å². The van der Waals surface area contributed by atoms with Crippen molar-refractivity contribution >= 4 is 38.9 Å². The minimum atomic E-state index is -0.545. The number of aromatic nitrogens is 1. The zero-order valence-electron chi connectivity index (χ0n) is 16.1. The number of hydrogen-bond acceptors (Lipinski definition) is 6. The van der Waals surface area contributed by atoms with Gasteiger partial charge in [0.15, 0.2) is 5.13 Å². The van der Waals surface area contributed by atoms with Crippen molar-refractivity contribution in [3.8, 4) is 0 Å². The molecule has 0 aliphatic heterocycles. The summed E-state index contributed by atoms with van der Waals surface area (Å²) < 4.78 is 5.09. The van der Waals surface area contributed by atoms with Gasteiger partial charge in [-0.2, -0.15) is 0 Å². The molecule has 0 spiro atoms. The van der Waals surface area contributed by atoms with Crippen LogP contribution in [0.3, 0.4) is 0 Å². The molecular formula is C22H24N2O3S. The Kier molecular flexibility index (Phi) is 5.33. The third-order valence-electron chi connectivity index (χ3n) is 4.89. The number of rotatable bonds is 7. The van der Waals surface area contributed by atoms with E-state index in [2.05, 4.69) is 35.3 Å². The molecule has 1 aliphatic carbocycles. The van der Waals surface area contributed by atoms with Gasteiger partial charge in [-0.25, -0.2) is 9.78 Å². The van der Waals surface area contributed by atoms with Gasteiger partial charge in [0.05, 0.1) is 31.1 Å². The number of carbonyl (C=O) groups is 1. The molecule has 1 saturated carbocycles. The Morgan fingerprint density at radius 3 is 2.71 bits per heavy atom. The molecule has 1 N–H and O–H groups in total. The fraction of sp³-hybridized carbons (Fsp3) is 0.364. The highest BCUT2D eigenvalue weighted by Gasteiger charge is 2.27. The van der Waals surface area contributed by atoms with Crippen LogP contribution in [0.1, 0.15) is 47.8 Å². The number of thiazole rings is 1. The fourth-order valence-electron chi connectivity index (χ4n) is 3.52. The zero-order valence-corrected chi connectivity index (χ0v) is 16.9. The Bertz CT molecular complexity index is 994. The van der Waals surface area contributed by atoms with Crippen molar-refractivity contribution in [1.82, 2.24) is 4.98 Å². The van der Waals surface area contributed by atoms with Crippen LogP contribution in [0.5, 0.6) is 0 Å². The SMILES string of the molecule is CCOC(=O)c1cnc(N(C[C@@H](C)O)c2ccc(C3CC3)c3ccccc23)s1. The van der Waals surface area contributed by atoms with Gasteiger partial charge in [0.25, 0.3) is 0 Å². The van der Waals surface area contributed by atoms with Crippen molar-refractivity contribution in [3.05, 3.63) is 53.0 Å². The summed E-state index contributed by atoms with van der Waals surface area (Å²) in [5, 5.41) is 13.2. The van der Waals surface area contributed by atoms with Crippen LogP contribution < -0.4 is 4.90 Å². The molecule has 1 fully saturated rings. The smallest absolute Gasteiger partial charge is 0.350 e. The number of fused-ring (bicyclic) bond motifs is 1. The summed E-state index contributed by atoms with van der Waals surface area (Å²) in [7, 11) is 0. The quantitative estimate of drug-likeness (QED) is 0.577. The molecule has 5 nitrogen and oxygen atoms in total. The van der Waals surface area contributed by atoms with E-state index in [0.29, 0.717) is 29.1 Å². The van der Waals surface area contributed by atoms with Crippen molar-refractivity contribution < 1.29 is 14.6 Å². The zero-order chi connectivity index (χ0) is 19.7. The van der Waals surface area contributed by atoms with Crippen LogP contribution in [0.25, 0.3) is 10.8 Å². The second-order valence-electron chi connectivity index (χ2n) is 7.18. The van der Waals surface area contributed by atoms with Crippen LogP contribution in [0, 0.1) is 0 Å². The Morgan fingerprint density at radius 2 is 2.04 bits per heavy atom. The molecule has 2 aromatic carbocycles. The van der Waals surface area contributed by atoms with Gasteiger partial charge in [-0.1, -0.05) is 41.7 Å². The van der Waals surface area contributed by atoms with Crippen molar-refractivity contribution in [2.75, 3.05) is 18.1 Å². The lowest BCUT2D eigenvalue weighted by molar-refractivity contribution is 0.0532. The molecular weight excluding hydrogens is 372 g/mol. The third-order valence-corrected chi connectivity index (χ3v) is 5.89. The van der Waals surface area contributed by atoms with E-state index in [-0.39, 0.29) is 5.97 Å². The maximum Gasteiger partial charge on any atom is 0.350 e. The predicted molar refractivity (Wildman–Crippen MR) is 113 cm³/mol. The number of anilines is 2. The molecule has 146 valence electrons. The van der Waals surface area contributed by atoms with Gasteiger partial charge in [-0.05, 0) is 49.6 Å². The largest absolute Gasteiger partial charge is 0.462 e. The van der Waals surface area contributed by atoms with Crippen LogP contribution >= 0.6 is 11.3 Å². The van der Waals surface area contributed by atoms with Gasteiger partial charge in [0, 0.05) is 5.39 Å². The summed E-state index contributed by atoms with van der Waals surface area (Å²) in [6.45, 7) is 4.26. The highest BCUT2D eigenvalue weighted by atomic mass is 32.1. The monoisotopic (exact) mass is 396 g/mol. The van der Waals surface area contributed by atoms with E-state index < -0.39 is 6.10 Å². The average Bonchev–Trinajstić information content (AvgIpc) is 3.41. The second kappa shape index (κ2) is 7.89. The number of aliphatic hydroxyl groups excluding tert-OH is 1. The lowest BCUT2D eigenvalue weighted by atomic mass is 9.99. The van der Waals surface area contributed by atoms with E-state index in [1.165, 1.54) is 35.1 Å². The van der Waals surface area contributed by atoms with E-state index in [1.807, 2.05) is 11.0 Å². The van der Waals surface area contributed by atoms with Crippen LogP contribution in [0.2, 0.25) is 0 Å². The van der Waals surface area contributed by atoms with Gasteiger partial charge < -0.3 is 14.7 Å². The first-order valence-electron chi connectivity index (χ1n) is 9.68. The average molecular weight is 397 g/mol. The van der Waals surface area contributed by atoms with E-state index in [0.717, 1.165) is 11.1 Å². The van der Waals surface area contributed by atoms with Crippen molar-refractivity contribution in [2.24, 2.45) is 0 Å². The second-order valence-corrected chi connectivity index (χ2v) is 8.19. The minimum absolute atomic E-state index is 0.330. The Labute approximate surface area is 168 Å². The molecule has 1 aromatic heterocycles. The van der Waals surface area contributed by atoms with Gasteiger partial charge in [-0.15, -0.1) is 0 Å². The summed E-state index contributed by atoms with van der Waals surface area (Å²) in [4.78, 5) is 19.0. The first-order chi connectivity index (χ1) is 13.6. The van der Waals surface area contributed by atoms with E-state index in [9.17, 15) is 9.90 Å². The van der Waals surface area contributed by atoms with Crippen LogP contribution in [0.15, 0.2) is 42.6 Å². The topological polar surface area (TPSA) is 62.7 Å². The number of esters is 1. The molecule has 28 heavy (non-hydrogen) atoms. The molecule has 1 atom stereocenters. The number of aliphatic hydroxyl groups is 1. The minimum Gasteiger partial charge on any atom is -0.462 e. The fourth-order valence-corrected chi connectivity index (χ4v) is 4.36. The standard InChI is InChI=1S/C22H24N2O3S/c1-3-27-21(26)20-12-23-22(28-20)24(13-14(2)25)19-11-10-16(15-8-9-15)17-6-4-5-7-18(17)19/h4-7,10-12,14-15,25H,3,8-9,13H2,1-2H3/t14-/m1/s1. The Balaban J connectivity index is 1.78. The third kappa shape index (κ3) is 3.75. The van der Waals surface area contributed by atoms with Crippen molar-refractivity contribution in [3.63, 3.8) is 0 Å². The molecule has 3 aromatic rings. The maximum atomic E-state index is 12.1. The molecule has 0 radical (unpaired) electrons. The lowest BCUT2D eigenvalue weighted by Crippen LogP contribution is -2.26. The number of hydrogen-bond donors (Lipinski definition) is 1. The molecule has 1 heterocycles. The van der Waals surface area contributed by atoms with Gasteiger partial charge in [-0.3, -0.25) is 0 Å². The molecule has 0 amide bonds. The molecule has 0 unspecified atom stereocenters. The first-order valence-corrected chi connectivity index (χ1v) is 10.5. The molecule has 1 aliphatic rings. The summed E-state index contributed by atoms with van der Waals surface area (Å²) >= 11 is 1.29. The normalized spacial score (nSPS) is 14.8. The summed E-state index contributed by atoms with van der Waals surface area (Å²) in [5.74, 6) is 0.289. The summed E-state index contributed by atoms with van der Waals surface area (Å²) in [6.07, 6.45) is 3.50. The van der Waals surface area contributed by atoms with Gasteiger partial charge in [0.2, 0.25) is 0 Å². The number of ether oxygens (including phenoxy) is 1. The molecule has 6 heteroatoms. The van der Waals surface area contributed by atoms with Gasteiger partial charge >= 0.3 is 5.97 Å². The first kappa shape index (κ1) is 18.9. The summed E-state index contributed by atoms with van der Waals surface area (Å²) in [5.41, 5.74) is 2.38. The van der Waals surface area contributed by atoms with E-state index >= 15 is 0 Å². The highest BCUT2D eigenvalue weighted by molar-refractivity contribution is 7.17. The predicted octanol–water partition coefficient (Wildman–Crippen LogP) is 4.87. The Morgan fingerprint density at radius 1 is 1.29 bits per heavy atom. The molecule has 0 bridgehead atoms. The van der Waals surface area contributed by atoms with Crippen LogP contribution in [0.4, 0.5) is 10.8 Å². The maximum absolute atomic E-state index is 12.1. The van der Waals surface area contributed by atoms with Crippen LogP contribution in [-0.4, -0.2) is 35.3 Å². The highest BCUT2D eigenvalue weighted by Crippen LogP contribution is 2.45.